The lowest BCUT2D eigenvalue weighted by molar-refractivity contribution is 0.271. The third kappa shape index (κ3) is 4.55. The minimum absolute atomic E-state index is 0.187. The summed E-state index contributed by atoms with van der Waals surface area (Å²) < 4.78 is 5.37. The van der Waals surface area contributed by atoms with Crippen LogP contribution in [-0.4, -0.2) is 18.8 Å². The number of hydrogen-bond acceptors (Lipinski definition) is 2. The molecule has 0 aliphatic heterocycles. The summed E-state index contributed by atoms with van der Waals surface area (Å²) in [6.07, 6.45) is 1.69. The summed E-state index contributed by atoms with van der Waals surface area (Å²) in [6, 6.07) is 34.2. The average molecular weight is 397 g/mol. The van der Waals surface area contributed by atoms with Crippen LogP contribution in [0, 0.1) is 0 Å². The van der Waals surface area contributed by atoms with Gasteiger partial charge in [0.15, 0.2) is 0 Å². The molecule has 0 saturated heterocycles. The van der Waals surface area contributed by atoms with E-state index in [1.807, 2.05) is 18.2 Å². The normalized spacial score (nSPS) is 13.1. The molecule has 0 radical (unpaired) electrons. The predicted molar refractivity (Wildman–Crippen MR) is 124 cm³/mol. The summed E-state index contributed by atoms with van der Waals surface area (Å²) in [7, 11) is 1.70. The van der Waals surface area contributed by atoms with Crippen molar-refractivity contribution in [2.24, 2.45) is 0 Å². The van der Waals surface area contributed by atoms with Crippen molar-refractivity contribution >= 4 is 10.8 Å². The number of fused-ring (bicyclic) bond motifs is 1. The molecule has 0 aliphatic rings. The van der Waals surface area contributed by atoms with E-state index in [1.54, 1.807) is 7.11 Å². The van der Waals surface area contributed by atoms with E-state index in [-0.39, 0.29) is 18.4 Å². The Kier molecular flexibility index (Phi) is 6.46. The van der Waals surface area contributed by atoms with E-state index in [4.69, 9.17) is 4.74 Å². The first-order valence-corrected chi connectivity index (χ1v) is 10.6. The molecule has 4 aromatic rings. The minimum atomic E-state index is 0.187. The lowest BCUT2D eigenvalue weighted by Crippen LogP contribution is -2.10. The van der Waals surface area contributed by atoms with Gasteiger partial charge in [-0.15, -0.1) is 0 Å². The van der Waals surface area contributed by atoms with Gasteiger partial charge in [-0.3, -0.25) is 0 Å². The molecule has 2 atom stereocenters. The molecule has 0 aromatic heterocycles. The highest BCUT2D eigenvalue weighted by Gasteiger charge is 2.21. The monoisotopic (exact) mass is 396 g/mol. The van der Waals surface area contributed by atoms with Crippen molar-refractivity contribution in [2.45, 2.75) is 24.7 Å². The maximum Gasteiger partial charge on any atom is 0.118 e. The van der Waals surface area contributed by atoms with Gasteiger partial charge in [0.1, 0.15) is 5.75 Å². The van der Waals surface area contributed by atoms with Crippen LogP contribution in [0.2, 0.25) is 0 Å². The molecule has 152 valence electrons. The Morgan fingerprint density at radius 2 is 1.37 bits per heavy atom. The van der Waals surface area contributed by atoms with E-state index < -0.39 is 0 Å². The lowest BCUT2D eigenvalue weighted by atomic mass is 9.79. The summed E-state index contributed by atoms with van der Waals surface area (Å²) in [5.74, 6) is 1.39. The molecule has 0 bridgehead atoms. The fraction of sp³-hybridized carbons (Fsp3) is 0.214. The highest BCUT2D eigenvalue weighted by Crippen LogP contribution is 2.38. The van der Waals surface area contributed by atoms with Crippen LogP contribution in [0.4, 0.5) is 0 Å². The number of methoxy groups -OCH3 is 1. The largest absolute Gasteiger partial charge is 0.497 e. The Hall–Kier alpha value is -3.10. The molecule has 0 saturated carbocycles. The second-order valence-corrected chi connectivity index (χ2v) is 7.79. The number of hydrogen-bond donors (Lipinski definition) is 1. The van der Waals surface area contributed by atoms with Gasteiger partial charge < -0.3 is 9.84 Å². The second kappa shape index (κ2) is 9.60. The third-order valence-electron chi connectivity index (χ3n) is 5.96. The van der Waals surface area contributed by atoms with E-state index in [2.05, 4.69) is 78.9 Å². The van der Waals surface area contributed by atoms with Crippen molar-refractivity contribution in [2.75, 3.05) is 13.7 Å². The number of aliphatic hydroxyl groups is 1. The van der Waals surface area contributed by atoms with E-state index in [0.717, 1.165) is 18.6 Å². The van der Waals surface area contributed by atoms with Crippen molar-refractivity contribution in [3.05, 3.63) is 114 Å². The zero-order valence-electron chi connectivity index (χ0n) is 17.4. The van der Waals surface area contributed by atoms with Gasteiger partial charge in [-0.1, -0.05) is 84.9 Å². The Labute approximate surface area is 178 Å². The summed E-state index contributed by atoms with van der Waals surface area (Å²) >= 11 is 0. The van der Waals surface area contributed by atoms with Crippen LogP contribution >= 0.6 is 0 Å². The van der Waals surface area contributed by atoms with E-state index in [1.165, 1.54) is 27.5 Å². The Morgan fingerprint density at radius 1 is 0.700 bits per heavy atom. The standard InChI is InChI=1S/C28H28O2/c1-30-27-15-13-23(14-16-27)28(20-25(17-18-29)21-7-3-2-4-8-21)26-12-11-22-9-5-6-10-24(22)19-26/h2-16,19,25,28-29H,17-18,20H2,1H3/t25-,28+/m0/s1. The number of ether oxygens (including phenoxy) is 1. The summed E-state index contributed by atoms with van der Waals surface area (Å²) in [5.41, 5.74) is 3.86. The van der Waals surface area contributed by atoms with Crippen molar-refractivity contribution in [3.8, 4) is 5.75 Å². The van der Waals surface area contributed by atoms with Crippen molar-refractivity contribution in [1.82, 2.24) is 0 Å². The van der Waals surface area contributed by atoms with Crippen LogP contribution in [0.5, 0.6) is 5.75 Å². The van der Waals surface area contributed by atoms with Crippen LogP contribution in [-0.2, 0) is 0 Å². The molecule has 2 heteroatoms. The quantitative estimate of drug-likeness (QED) is 0.366. The molecule has 0 aliphatic carbocycles. The van der Waals surface area contributed by atoms with Gasteiger partial charge >= 0.3 is 0 Å². The van der Waals surface area contributed by atoms with Crippen molar-refractivity contribution in [3.63, 3.8) is 0 Å². The van der Waals surface area contributed by atoms with Crippen LogP contribution < -0.4 is 4.74 Å². The Morgan fingerprint density at radius 3 is 2.07 bits per heavy atom. The van der Waals surface area contributed by atoms with Gasteiger partial charge in [0.2, 0.25) is 0 Å². The van der Waals surface area contributed by atoms with Gasteiger partial charge in [-0.05, 0) is 58.4 Å². The van der Waals surface area contributed by atoms with Crippen LogP contribution in [0.3, 0.4) is 0 Å². The molecule has 30 heavy (non-hydrogen) atoms. The maximum atomic E-state index is 9.75. The summed E-state index contributed by atoms with van der Waals surface area (Å²) in [4.78, 5) is 0. The molecule has 0 unspecified atom stereocenters. The molecule has 0 spiro atoms. The summed E-state index contributed by atoms with van der Waals surface area (Å²) in [6.45, 7) is 0.187. The molecule has 2 nitrogen and oxygen atoms in total. The zero-order chi connectivity index (χ0) is 20.8. The molecule has 0 heterocycles. The van der Waals surface area contributed by atoms with E-state index >= 15 is 0 Å². The molecule has 0 fully saturated rings. The highest BCUT2D eigenvalue weighted by molar-refractivity contribution is 5.83. The molecule has 4 aromatic carbocycles. The predicted octanol–water partition coefficient (Wildman–Crippen LogP) is 6.54. The molecule has 0 amide bonds. The average Bonchev–Trinajstić information content (AvgIpc) is 2.82. The minimum Gasteiger partial charge on any atom is -0.497 e. The molecule has 4 rings (SSSR count). The maximum absolute atomic E-state index is 9.75. The third-order valence-corrected chi connectivity index (χ3v) is 5.96. The van der Waals surface area contributed by atoms with Gasteiger partial charge in [-0.2, -0.15) is 0 Å². The van der Waals surface area contributed by atoms with Crippen LogP contribution in [0.25, 0.3) is 10.8 Å². The van der Waals surface area contributed by atoms with Gasteiger partial charge in [0.05, 0.1) is 7.11 Å². The Bertz CT molecular complexity index is 1070. The smallest absolute Gasteiger partial charge is 0.118 e. The fourth-order valence-corrected chi connectivity index (χ4v) is 4.31. The first kappa shape index (κ1) is 20.2. The molecule has 1 N–H and O–H groups in total. The fourth-order valence-electron chi connectivity index (χ4n) is 4.31. The van der Waals surface area contributed by atoms with Crippen molar-refractivity contribution < 1.29 is 9.84 Å². The SMILES string of the molecule is COc1ccc([C@@H](C[C@H](CCO)c2ccccc2)c2ccc3ccccc3c2)cc1. The highest BCUT2D eigenvalue weighted by atomic mass is 16.5. The van der Waals surface area contributed by atoms with Crippen LogP contribution in [0.15, 0.2) is 97.1 Å². The number of rotatable bonds is 8. The second-order valence-electron chi connectivity index (χ2n) is 7.79. The van der Waals surface area contributed by atoms with Crippen molar-refractivity contribution in [1.29, 1.82) is 0 Å². The van der Waals surface area contributed by atoms with Gasteiger partial charge in [-0.25, -0.2) is 0 Å². The van der Waals surface area contributed by atoms with E-state index in [9.17, 15) is 5.11 Å². The van der Waals surface area contributed by atoms with Gasteiger partial charge in [0.25, 0.3) is 0 Å². The first-order chi connectivity index (χ1) is 14.8. The summed E-state index contributed by atoms with van der Waals surface area (Å²) in [5, 5.41) is 12.3. The van der Waals surface area contributed by atoms with Gasteiger partial charge in [0, 0.05) is 12.5 Å². The molecular formula is C28H28O2. The lowest BCUT2D eigenvalue weighted by Gasteiger charge is -2.25. The zero-order valence-corrected chi connectivity index (χ0v) is 17.4. The van der Waals surface area contributed by atoms with E-state index in [0.29, 0.717) is 0 Å². The molecular weight excluding hydrogens is 368 g/mol. The topological polar surface area (TPSA) is 29.5 Å². The number of aliphatic hydroxyl groups excluding tert-OH is 1. The first-order valence-electron chi connectivity index (χ1n) is 10.6. The number of benzene rings is 4. The Balaban J connectivity index is 1.75. The van der Waals surface area contributed by atoms with Crippen LogP contribution in [0.1, 0.15) is 41.4 Å².